The molecule has 2 fully saturated rings. The molecule has 0 aromatic heterocycles. The van der Waals surface area contributed by atoms with Crippen LogP contribution in [0.1, 0.15) is 19.3 Å². The molecule has 2 aliphatic heterocycles. The van der Waals surface area contributed by atoms with Crippen molar-refractivity contribution in [1.82, 2.24) is 9.62 Å². The summed E-state index contributed by atoms with van der Waals surface area (Å²) in [6.45, 7) is 1.94. The third kappa shape index (κ3) is 4.85. The Morgan fingerprint density at radius 1 is 1.27 bits per heavy atom. The maximum atomic E-state index is 11.1. The van der Waals surface area contributed by atoms with Gasteiger partial charge in [0.25, 0.3) is 0 Å². The number of piperidine rings is 1. The molecule has 0 spiro atoms. The molecule has 0 saturated carbocycles. The molecular formula is C13H26N2O6S. The van der Waals surface area contributed by atoms with Crippen molar-refractivity contribution in [2.75, 3.05) is 45.6 Å². The summed E-state index contributed by atoms with van der Waals surface area (Å²) >= 11 is 0. The lowest BCUT2D eigenvalue weighted by Crippen LogP contribution is -2.62. The lowest BCUT2D eigenvalue weighted by molar-refractivity contribution is -0.135. The van der Waals surface area contributed by atoms with E-state index in [1.54, 1.807) is 0 Å². The number of hydrogen-bond acceptors (Lipinski definition) is 7. The summed E-state index contributed by atoms with van der Waals surface area (Å²) in [4.78, 5) is 1.91. The summed E-state index contributed by atoms with van der Waals surface area (Å²) in [5.74, 6) is 0. The molecule has 0 bridgehead atoms. The zero-order chi connectivity index (χ0) is 16.4. The third-order valence-electron chi connectivity index (χ3n) is 4.49. The predicted molar refractivity (Wildman–Crippen MR) is 79.9 cm³/mol. The highest BCUT2D eigenvalue weighted by atomic mass is 32.2. The fourth-order valence-electron chi connectivity index (χ4n) is 2.96. The van der Waals surface area contributed by atoms with Crippen molar-refractivity contribution in [3.63, 3.8) is 0 Å². The van der Waals surface area contributed by atoms with Gasteiger partial charge in [-0.15, -0.1) is 0 Å². The van der Waals surface area contributed by atoms with Crippen LogP contribution in [0.3, 0.4) is 0 Å². The Hall–Kier alpha value is -0.290. The first-order valence-corrected chi connectivity index (χ1v) is 9.39. The summed E-state index contributed by atoms with van der Waals surface area (Å²) in [5, 5.41) is 31.1. The number of hydrogen-bond donors (Lipinski definition) is 4. The molecule has 0 aliphatic carbocycles. The van der Waals surface area contributed by atoms with Gasteiger partial charge in [-0.1, -0.05) is 0 Å². The Labute approximate surface area is 131 Å². The van der Waals surface area contributed by atoms with E-state index in [0.29, 0.717) is 39.1 Å². The van der Waals surface area contributed by atoms with Crippen LogP contribution in [0.25, 0.3) is 0 Å². The van der Waals surface area contributed by atoms with Crippen molar-refractivity contribution < 1.29 is 28.5 Å². The number of sulfonamides is 1. The maximum absolute atomic E-state index is 11.1. The van der Waals surface area contributed by atoms with E-state index in [1.807, 2.05) is 4.90 Å². The zero-order valence-electron chi connectivity index (χ0n) is 12.9. The molecule has 0 radical (unpaired) electrons. The molecule has 9 heteroatoms. The van der Waals surface area contributed by atoms with Gasteiger partial charge in [0, 0.05) is 52.2 Å². The van der Waals surface area contributed by atoms with Crippen LogP contribution < -0.4 is 4.72 Å². The highest BCUT2D eigenvalue weighted by Gasteiger charge is 2.43. The van der Waals surface area contributed by atoms with Crippen molar-refractivity contribution in [3.05, 3.63) is 0 Å². The quantitative estimate of drug-likeness (QED) is 0.452. The van der Waals surface area contributed by atoms with E-state index >= 15 is 0 Å². The number of aliphatic hydroxyl groups excluding tert-OH is 1. The Kier molecular flexibility index (Phi) is 5.48. The zero-order valence-corrected chi connectivity index (χ0v) is 13.7. The Morgan fingerprint density at radius 3 is 2.45 bits per heavy atom. The number of likely N-dealkylation sites (tertiary alicyclic amines) is 1. The molecule has 0 unspecified atom stereocenters. The van der Waals surface area contributed by atoms with Crippen LogP contribution in [0, 0.1) is 0 Å². The van der Waals surface area contributed by atoms with Crippen molar-refractivity contribution in [3.8, 4) is 0 Å². The molecule has 0 aromatic carbocycles. The molecule has 2 saturated heterocycles. The smallest absolute Gasteiger partial charge is 0.208 e. The second-order valence-corrected chi connectivity index (χ2v) is 8.37. The normalized spacial score (nSPS) is 33.7. The number of aliphatic hydroxyl groups is 3. The van der Waals surface area contributed by atoms with Crippen molar-refractivity contribution >= 4 is 10.0 Å². The van der Waals surface area contributed by atoms with E-state index in [2.05, 4.69) is 4.72 Å². The number of rotatable bonds is 5. The van der Waals surface area contributed by atoms with E-state index in [-0.39, 0.29) is 19.5 Å². The van der Waals surface area contributed by atoms with Gasteiger partial charge in [-0.3, -0.25) is 4.90 Å². The number of nitrogens with zero attached hydrogens (tertiary/aromatic N) is 1. The van der Waals surface area contributed by atoms with E-state index in [0.717, 1.165) is 6.26 Å². The van der Waals surface area contributed by atoms with Gasteiger partial charge in [0.1, 0.15) is 5.60 Å². The minimum atomic E-state index is -3.42. The second kappa shape index (κ2) is 6.68. The predicted octanol–water partition coefficient (Wildman–Crippen LogP) is -2.13. The molecule has 0 amide bonds. The van der Waals surface area contributed by atoms with Crippen LogP contribution in [-0.4, -0.2) is 91.6 Å². The minimum absolute atomic E-state index is 0.200. The van der Waals surface area contributed by atoms with E-state index < -0.39 is 27.3 Å². The van der Waals surface area contributed by atoms with Gasteiger partial charge in [0.05, 0.1) is 18.0 Å². The fourth-order valence-corrected chi connectivity index (χ4v) is 3.47. The largest absolute Gasteiger partial charge is 0.389 e. The Morgan fingerprint density at radius 2 is 1.91 bits per heavy atom. The van der Waals surface area contributed by atoms with Gasteiger partial charge >= 0.3 is 0 Å². The van der Waals surface area contributed by atoms with Crippen LogP contribution in [0.15, 0.2) is 0 Å². The third-order valence-corrected chi connectivity index (χ3v) is 5.16. The standard InChI is InChI=1S/C13H26N2O6S/c1-22(19,20)14-9-13(18)2-5-15(8-11(13)16)10-12(17)3-6-21-7-4-12/h11,14,16-18H,2-10H2,1H3/t11-,13-/m1/s1. The lowest BCUT2D eigenvalue weighted by atomic mass is 9.87. The molecule has 2 atom stereocenters. The lowest BCUT2D eigenvalue weighted by Gasteiger charge is -2.45. The first-order valence-electron chi connectivity index (χ1n) is 7.50. The molecule has 22 heavy (non-hydrogen) atoms. The van der Waals surface area contributed by atoms with Crippen LogP contribution >= 0.6 is 0 Å². The number of β-amino-alcohol motifs (C(OH)–C–C–N with tert-alkyl or cyclic N) is 2. The van der Waals surface area contributed by atoms with Gasteiger partial charge in [0.15, 0.2) is 0 Å². The average molecular weight is 338 g/mol. The fraction of sp³-hybridized carbons (Fsp3) is 1.00. The van der Waals surface area contributed by atoms with Gasteiger partial charge in [-0.2, -0.15) is 0 Å². The molecule has 8 nitrogen and oxygen atoms in total. The molecule has 2 heterocycles. The molecular weight excluding hydrogens is 312 g/mol. The van der Waals surface area contributed by atoms with Gasteiger partial charge in [0.2, 0.25) is 10.0 Å². The Balaban J connectivity index is 1.89. The Bertz CT molecular complexity index is 479. The topological polar surface area (TPSA) is 119 Å². The van der Waals surface area contributed by atoms with Gasteiger partial charge in [-0.25, -0.2) is 13.1 Å². The number of ether oxygens (including phenoxy) is 1. The SMILES string of the molecule is CS(=O)(=O)NC[C@]1(O)CCN(CC2(O)CCOCC2)C[C@H]1O. The van der Waals surface area contributed by atoms with Crippen LogP contribution in [0.4, 0.5) is 0 Å². The van der Waals surface area contributed by atoms with E-state index in [9.17, 15) is 23.7 Å². The van der Waals surface area contributed by atoms with Crippen molar-refractivity contribution in [1.29, 1.82) is 0 Å². The van der Waals surface area contributed by atoms with Crippen LogP contribution in [-0.2, 0) is 14.8 Å². The summed E-state index contributed by atoms with van der Waals surface area (Å²) < 4.78 is 29.7. The van der Waals surface area contributed by atoms with Crippen LogP contribution in [0.2, 0.25) is 0 Å². The molecule has 0 aromatic rings. The van der Waals surface area contributed by atoms with Gasteiger partial charge < -0.3 is 20.1 Å². The highest BCUT2D eigenvalue weighted by molar-refractivity contribution is 7.88. The molecule has 2 aliphatic rings. The summed E-state index contributed by atoms with van der Waals surface area (Å²) in [6, 6.07) is 0. The van der Waals surface area contributed by atoms with Crippen molar-refractivity contribution in [2.45, 2.75) is 36.6 Å². The number of nitrogens with one attached hydrogen (secondary N) is 1. The summed E-state index contributed by atoms with van der Waals surface area (Å²) in [5.41, 5.74) is -2.30. The highest BCUT2D eigenvalue weighted by Crippen LogP contribution is 2.27. The van der Waals surface area contributed by atoms with Gasteiger partial charge in [-0.05, 0) is 6.42 Å². The average Bonchev–Trinajstić information content (AvgIpc) is 2.41. The van der Waals surface area contributed by atoms with E-state index in [4.69, 9.17) is 4.74 Å². The first kappa shape index (κ1) is 18.1. The van der Waals surface area contributed by atoms with Crippen LogP contribution in [0.5, 0.6) is 0 Å². The second-order valence-electron chi connectivity index (χ2n) is 6.53. The molecule has 4 N–H and O–H groups in total. The monoisotopic (exact) mass is 338 g/mol. The molecule has 130 valence electrons. The maximum Gasteiger partial charge on any atom is 0.208 e. The summed E-state index contributed by atoms with van der Waals surface area (Å²) in [6.07, 6.45) is 1.29. The first-order chi connectivity index (χ1) is 10.1. The molecule has 2 rings (SSSR count). The van der Waals surface area contributed by atoms with E-state index in [1.165, 1.54) is 0 Å². The van der Waals surface area contributed by atoms with Crippen molar-refractivity contribution in [2.24, 2.45) is 0 Å². The minimum Gasteiger partial charge on any atom is -0.389 e. The summed E-state index contributed by atoms with van der Waals surface area (Å²) in [7, 11) is -3.42.